The van der Waals surface area contributed by atoms with E-state index >= 15 is 0 Å². The molecule has 1 aromatic carbocycles. The van der Waals surface area contributed by atoms with Gasteiger partial charge >= 0.3 is 0 Å². The van der Waals surface area contributed by atoms with Crippen LogP contribution in [-0.2, 0) is 0 Å². The number of nitrogens with one attached hydrogen (secondary N) is 1. The van der Waals surface area contributed by atoms with Crippen molar-refractivity contribution in [1.82, 2.24) is 15.2 Å². The van der Waals surface area contributed by atoms with Crippen LogP contribution in [-0.4, -0.2) is 26.7 Å². The molecule has 0 radical (unpaired) electrons. The molecule has 5 nitrogen and oxygen atoms in total. The van der Waals surface area contributed by atoms with Crippen LogP contribution >= 0.6 is 11.8 Å². The van der Waals surface area contributed by atoms with Gasteiger partial charge in [-0.3, -0.25) is 0 Å². The van der Waals surface area contributed by atoms with Gasteiger partial charge in [0.25, 0.3) is 0 Å². The molecule has 0 aliphatic carbocycles. The molecule has 0 spiro atoms. The lowest BCUT2D eigenvalue weighted by molar-refractivity contribution is 0.216. The smallest absolute Gasteiger partial charge is 0.247 e. The molecule has 0 fully saturated rings. The van der Waals surface area contributed by atoms with Crippen molar-refractivity contribution in [2.24, 2.45) is 0 Å². The average Bonchev–Trinajstić information content (AvgIpc) is 2.62. The second-order valence-corrected chi connectivity index (χ2v) is 6.66. The summed E-state index contributed by atoms with van der Waals surface area (Å²) in [6.07, 6.45) is 0.728. The van der Waals surface area contributed by atoms with Crippen molar-refractivity contribution in [1.29, 1.82) is 0 Å². The van der Waals surface area contributed by atoms with E-state index in [-0.39, 0.29) is 6.23 Å². The summed E-state index contributed by atoms with van der Waals surface area (Å²) in [7, 11) is 0. The third-order valence-corrected chi connectivity index (χ3v) is 3.95. The average molecular weight is 302 g/mol. The lowest BCUT2D eigenvalue weighted by atomic mass is 10.1. The van der Waals surface area contributed by atoms with E-state index in [9.17, 15) is 0 Å². The number of para-hydroxylation sites is 1. The Bertz CT molecular complexity index is 647. The van der Waals surface area contributed by atoms with Gasteiger partial charge in [-0.05, 0) is 6.07 Å². The van der Waals surface area contributed by atoms with Gasteiger partial charge in [0.2, 0.25) is 11.0 Å². The van der Waals surface area contributed by atoms with Crippen molar-refractivity contribution in [2.75, 3.05) is 5.32 Å². The van der Waals surface area contributed by atoms with Crippen LogP contribution in [0.3, 0.4) is 0 Å². The molecule has 3 rings (SSSR count). The molecule has 0 saturated carbocycles. The predicted octanol–water partition coefficient (Wildman–Crippen LogP) is 3.58. The lowest BCUT2D eigenvalue weighted by Gasteiger charge is -2.16. The molecule has 2 heterocycles. The molecule has 0 bridgehead atoms. The van der Waals surface area contributed by atoms with Crippen molar-refractivity contribution in [2.45, 2.75) is 43.8 Å². The molecule has 6 heteroatoms. The Hall–Kier alpha value is -1.82. The number of thioether (sulfide) groups is 1. The summed E-state index contributed by atoms with van der Waals surface area (Å²) in [5.41, 5.74) is 2.68. The molecule has 1 atom stereocenters. The maximum absolute atomic E-state index is 5.97. The van der Waals surface area contributed by atoms with E-state index in [4.69, 9.17) is 4.74 Å². The topological polar surface area (TPSA) is 59.9 Å². The van der Waals surface area contributed by atoms with Crippen LogP contribution in [0.2, 0.25) is 0 Å². The fraction of sp³-hybridized carbons (Fsp3) is 0.400. The highest BCUT2D eigenvalue weighted by Gasteiger charge is 2.23. The normalized spacial score (nSPS) is 16.5. The summed E-state index contributed by atoms with van der Waals surface area (Å²) >= 11 is 1.58. The van der Waals surface area contributed by atoms with Gasteiger partial charge in [-0.15, -0.1) is 10.2 Å². The van der Waals surface area contributed by atoms with E-state index in [0.717, 1.165) is 17.7 Å². The van der Waals surface area contributed by atoms with E-state index in [1.165, 1.54) is 0 Å². The Morgan fingerprint density at radius 2 is 2.10 bits per heavy atom. The van der Waals surface area contributed by atoms with Gasteiger partial charge in [-0.2, -0.15) is 4.98 Å². The fourth-order valence-electron chi connectivity index (χ4n) is 2.15. The zero-order chi connectivity index (χ0) is 14.8. The summed E-state index contributed by atoms with van der Waals surface area (Å²) in [5.74, 6) is 0.553. The number of aromatic nitrogens is 3. The Balaban J connectivity index is 2.08. The van der Waals surface area contributed by atoms with Gasteiger partial charge in [-0.25, -0.2) is 0 Å². The molecule has 0 unspecified atom stereocenters. The molecule has 110 valence electrons. The zero-order valence-corrected chi connectivity index (χ0v) is 13.1. The lowest BCUT2D eigenvalue weighted by Crippen LogP contribution is -2.24. The SMILES string of the molecule is CC[C@H]1Nc2ccccc2-c2nnc(SC(C)C)nc2O1. The van der Waals surface area contributed by atoms with Crippen LogP contribution in [0, 0.1) is 0 Å². The monoisotopic (exact) mass is 302 g/mol. The Labute approximate surface area is 128 Å². The third kappa shape index (κ3) is 2.95. The van der Waals surface area contributed by atoms with Gasteiger partial charge in [0.05, 0.1) is 0 Å². The third-order valence-electron chi connectivity index (χ3n) is 3.10. The first-order valence-corrected chi connectivity index (χ1v) is 7.99. The number of benzene rings is 1. The summed E-state index contributed by atoms with van der Waals surface area (Å²) in [4.78, 5) is 4.54. The van der Waals surface area contributed by atoms with E-state index in [0.29, 0.717) is 22.0 Å². The summed E-state index contributed by atoms with van der Waals surface area (Å²) in [6.45, 7) is 6.28. The van der Waals surface area contributed by atoms with Crippen LogP contribution < -0.4 is 10.1 Å². The van der Waals surface area contributed by atoms with Crippen molar-refractivity contribution >= 4 is 17.4 Å². The van der Waals surface area contributed by atoms with E-state index in [1.54, 1.807) is 11.8 Å². The first kappa shape index (κ1) is 14.1. The molecule has 2 aromatic rings. The molecule has 0 amide bonds. The van der Waals surface area contributed by atoms with E-state index in [2.05, 4.69) is 41.3 Å². The Morgan fingerprint density at radius 3 is 2.86 bits per heavy atom. The van der Waals surface area contributed by atoms with Crippen molar-refractivity contribution in [3.63, 3.8) is 0 Å². The van der Waals surface area contributed by atoms with Crippen LogP contribution in [0.25, 0.3) is 11.3 Å². The maximum atomic E-state index is 5.97. The molecule has 0 saturated heterocycles. The van der Waals surface area contributed by atoms with Crippen molar-refractivity contribution in [3.8, 4) is 17.1 Å². The van der Waals surface area contributed by atoms with Gasteiger partial charge in [0.1, 0.15) is 0 Å². The zero-order valence-electron chi connectivity index (χ0n) is 12.3. The van der Waals surface area contributed by atoms with Gasteiger partial charge in [-0.1, -0.05) is 50.7 Å². The summed E-state index contributed by atoms with van der Waals surface area (Å²) in [6, 6.07) is 8.01. The second kappa shape index (κ2) is 5.89. The minimum absolute atomic E-state index is 0.110. The van der Waals surface area contributed by atoms with Gasteiger partial charge < -0.3 is 10.1 Å². The molecular weight excluding hydrogens is 284 g/mol. The summed E-state index contributed by atoms with van der Waals surface area (Å²) in [5, 5.41) is 13.0. The number of rotatable bonds is 3. The van der Waals surface area contributed by atoms with Crippen LogP contribution in [0.4, 0.5) is 5.69 Å². The standard InChI is InChI=1S/C15H18N4OS/c1-4-12-16-11-8-6-5-7-10(11)13-14(20-12)17-15(19-18-13)21-9(2)3/h5-9,12,16H,4H2,1-3H3/t12-/m0/s1. The fourth-order valence-corrected chi connectivity index (χ4v) is 2.79. The Kier molecular flexibility index (Phi) is 3.96. The number of nitrogens with zero attached hydrogens (tertiary/aromatic N) is 3. The van der Waals surface area contributed by atoms with E-state index < -0.39 is 0 Å². The predicted molar refractivity (Wildman–Crippen MR) is 84.6 cm³/mol. The Morgan fingerprint density at radius 1 is 1.29 bits per heavy atom. The van der Waals surface area contributed by atoms with Gasteiger partial charge in [0, 0.05) is 22.9 Å². The number of hydrogen-bond acceptors (Lipinski definition) is 6. The molecule has 1 aromatic heterocycles. The molecule has 1 aliphatic rings. The molecular formula is C15H18N4OS. The second-order valence-electron chi connectivity index (χ2n) is 5.12. The highest BCUT2D eigenvalue weighted by atomic mass is 32.2. The quantitative estimate of drug-likeness (QED) is 0.875. The van der Waals surface area contributed by atoms with Crippen LogP contribution in [0.1, 0.15) is 27.2 Å². The number of ether oxygens (including phenoxy) is 1. The first-order valence-electron chi connectivity index (χ1n) is 7.11. The van der Waals surface area contributed by atoms with Crippen molar-refractivity contribution < 1.29 is 4.74 Å². The van der Waals surface area contributed by atoms with Gasteiger partial charge in [0.15, 0.2) is 11.9 Å². The van der Waals surface area contributed by atoms with E-state index in [1.807, 2.05) is 24.3 Å². The summed E-state index contributed by atoms with van der Waals surface area (Å²) < 4.78 is 5.97. The highest BCUT2D eigenvalue weighted by molar-refractivity contribution is 7.99. The highest BCUT2D eigenvalue weighted by Crippen LogP contribution is 2.36. The number of fused-ring (bicyclic) bond motifs is 3. The van der Waals surface area contributed by atoms with Crippen molar-refractivity contribution in [3.05, 3.63) is 24.3 Å². The van der Waals surface area contributed by atoms with Crippen LogP contribution in [0.15, 0.2) is 29.4 Å². The first-order chi connectivity index (χ1) is 10.2. The largest absolute Gasteiger partial charge is 0.452 e. The maximum Gasteiger partial charge on any atom is 0.247 e. The minimum Gasteiger partial charge on any atom is -0.452 e. The molecule has 1 N–H and O–H groups in total. The molecule has 1 aliphatic heterocycles. The minimum atomic E-state index is -0.110. The number of hydrogen-bond donors (Lipinski definition) is 1. The van der Waals surface area contributed by atoms with Crippen LogP contribution in [0.5, 0.6) is 5.88 Å². The molecule has 21 heavy (non-hydrogen) atoms. The number of anilines is 1.